The van der Waals surface area contributed by atoms with Crippen molar-refractivity contribution < 1.29 is 23.9 Å². The van der Waals surface area contributed by atoms with Gasteiger partial charge < -0.3 is 20.1 Å². The van der Waals surface area contributed by atoms with Crippen LogP contribution in [0.15, 0.2) is 77.7 Å². The Morgan fingerprint density at radius 2 is 1.79 bits per heavy atom. The Balaban J connectivity index is 1.51. The third-order valence-electron chi connectivity index (χ3n) is 5.26. The van der Waals surface area contributed by atoms with Crippen LogP contribution in [0.1, 0.15) is 23.7 Å². The van der Waals surface area contributed by atoms with Crippen molar-refractivity contribution in [3.63, 3.8) is 0 Å². The van der Waals surface area contributed by atoms with Crippen molar-refractivity contribution in [2.75, 3.05) is 17.7 Å². The molecule has 0 aromatic heterocycles. The highest BCUT2D eigenvalue weighted by molar-refractivity contribution is 8.01. The Kier molecular flexibility index (Phi) is 7.18. The van der Waals surface area contributed by atoms with Gasteiger partial charge in [0.15, 0.2) is 0 Å². The highest BCUT2D eigenvalue weighted by atomic mass is 32.2. The first-order valence-corrected chi connectivity index (χ1v) is 11.6. The lowest BCUT2D eigenvalue weighted by atomic mass is 10.1. The van der Waals surface area contributed by atoms with Crippen molar-refractivity contribution in [1.82, 2.24) is 0 Å². The van der Waals surface area contributed by atoms with E-state index in [4.69, 9.17) is 9.47 Å². The number of hydrogen-bond acceptors (Lipinski definition) is 6. The smallest absolute Gasteiger partial charge is 0.308 e. The Bertz CT molecular complexity index is 1210. The van der Waals surface area contributed by atoms with E-state index in [1.807, 2.05) is 43.3 Å². The van der Waals surface area contributed by atoms with E-state index < -0.39 is 23.2 Å². The van der Waals surface area contributed by atoms with Crippen LogP contribution >= 0.6 is 11.8 Å². The molecule has 7 nitrogen and oxygen atoms in total. The quantitative estimate of drug-likeness (QED) is 0.479. The Morgan fingerprint density at radius 3 is 2.56 bits per heavy atom. The minimum Gasteiger partial charge on any atom is -0.495 e. The fourth-order valence-electron chi connectivity index (χ4n) is 3.58. The fraction of sp³-hybridized carbons (Fsp3) is 0.192. The van der Waals surface area contributed by atoms with E-state index in [0.29, 0.717) is 17.0 Å². The summed E-state index contributed by atoms with van der Waals surface area (Å²) in [5.41, 5.74) is 2.65. The van der Waals surface area contributed by atoms with E-state index >= 15 is 0 Å². The number of ether oxygens (including phenoxy) is 2. The van der Waals surface area contributed by atoms with Gasteiger partial charge in [0.05, 0.1) is 30.2 Å². The van der Waals surface area contributed by atoms with Gasteiger partial charge in [0.25, 0.3) is 5.91 Å². The van der Waals surface area contributed by atoms with Crippen molar-refractivity contribution in [1.29, 1.82) is 0 Å². The topological polar surface area (TPSA) is 93.7 Å². The summed E-state index contributed by atoms with van der Waals surface area (Å²) in [7, 11) is 1.51. The van der Waals surface area contributed by atoms with Crippen molar-refractivity contribution in [3.05, 3.63) is 83.9 Å². The van der Waals surface area contributed by atoms with Gasteiger partial charge in [-0.1, -0.05) is 48.5 Å². The number of carbonyl (C=O) groups excluding carboxylic acids is 3. The van der Waals surface area contributed by atoms with Gasteiger partial charge in [-0.25, -0.2) is 0 Å². The van der Waals surface area contributed by atoms with Crippen LogP contribution in [0.5, 0.6) is 5.75 Å². The molecule has 0 aliphatic carbocycles. The molecule has 8 heteroatoms. The predicted molar refractivity (Wildman–Crippen MR) is 131 cm³/mol. The van der Waals surface area contributed by atoms with Crippen LogP contribution in [-0.2, 0) is 19.1 Å². The number of esters is 1. The maximum Gasteiger partial charge on any atom is 0.308 e. The summed E-state index contributed by atoms with van der Waals surface area (Å²) in [6.07, 6.45) is -1.36. The van der Waals surface area contributed by atoms with Gasteiger partial charge in [0.1, 0.15) is 5.75 Å². The average Bonchev–Trinajstić information content (AvgIpc) is 2.83. The molecule has 2 atom stereocenters. The molecule has 34 heavy (non-hydrogen) atoms. The molecular formula is C26H24N2O5S. The third-order valence-corrected chi connectivity index (χ3v) is 6.54. The summed E-state index contributed by atoms with van der Waals surface area (Å²) < 4.78 is 11.0. The summed E-state index contributed by atoms with van der Waals surface area (Å²) in [4.78, 5) is 39.5. The first-order valence-electron chi connectivity index (χ1n) is 10.7. The molecule has 0 unspecified atom stereocenters. The van der Waals surface area contributed by atoms with Gasteiger partial charge in [-0.05, 0) is 36.8 Å². The van der Waals surface area contributed by atoms with Crippen LogP contribution in [0.25, 0.3) is 0 Å². The Labute approximate surface area is 201 Å². The van der Waals surface area contributed by atoms with E-state index in [-0.39, 0.29) is 12.3 Å². The summed E-state index contributed by atoms with van der Waals surface area (Å²) in [6, 6.07) is 21.6. The number of fused-ring (bicyclic) bond motifs is 1. The summed E-state index contributed by atoms with van der Waals surface area (Å²) in [5.74, 6) is -0.946. The molecule has 3 aromatic carbocycles. The van der Waals surface area contributed by atoms with E-state index in [1.165, 1.54) is 18.9 Å². The van der Waals surface area contributed by atoms with E-state index in [1.54, 1.807) is 36.4 Å². The summed E-state index contributed by atoms with van der Waals surface area (Å²) in [5, 5.41) is 4.97. The molecule has 174 valence electrons. The molecule has 0 radical (unpaired) electrons. The molecule has 1 aliphatic heterocycles. The Hall–Kier alpha value is -3.78. The average molecular weight is 477 g/mol. The number of amides is 2. The van der Waals surface area contributed by atoms with Crippen LogP contribution in [0, 0.1) is 6.92 Å². The number of para-hydroxylation sites is 1. The zero-order chi connectivity index (χ0) is 24.1. The standard InChI is InChI=1S/C26H24N2O5S/c1-16-12-13-20(32-2)19(14-16)28-26(31)24(17-8-4-3-5-9-17)33-23(29)15-22-25(30)27-18-10-6-7-11-21(18)34-22/h3-14,22,24H,15H2,1-2H3,(H,27,30)(H,28,31)/t22-,24+/m1/s1. The second kappa shape index (κ2) is 10.4. The van der Waals surface area contributed by atoms with Gasteiger partial charge in [0.2, 0.25) is 12.0 Å². The minimum absolute atomic E-state index is 0.171. The lowest BCUT2D eigenvalue weighted by Gasteiger charge is -2.24. The van der Waals surface area contributed by atoms with Crippen molar-refractivity contribution >= 4 is 40.9 Å². The van der Waals surface area contributed by atoms with Gasteiger partial charge in [-0.15, -0.1) is 11.8 Å². The molecule has 0 saturated carbocycles. The molecule has 0 saturated heterocycles. The van der Waals surface area contributed by atoms with Gasteiger partial charge in [-0.2, -0.15) is 0 Å². The van der Waals surface area contributed by atoms with E-state index in [9.17, 15) is 14.4 Å². The second-order valence-corrected chi connectivity index (χ2v) is 9.01. The molecule has 0 spiro atoms. The molecule has 0 fully saturated rings. The van der Waals surface area contributed by atoms with Crippen LogP contribution in [0.4, 0.5) is 11.4 Å². The van der Waals surface area contributed by atoms with E-state index in [2.05, 4.69) is 10.6 Å². The van der Waals surface area contributed by atoms with Crippen LogP contribution in [0.2, 0.25) is 0 Å². The fourth-order valence-corrected chi connectivity index (χ4v) is 4.67. The molecule has 3 aromatic rings. The third kappa shape index (κ3) is 5.40. The molecule has 1 aliphatic rings. The molecule has 4 rings (SSSR count). The molecule has 2 N–H and O–H groups in total. The number of methoxy groups -OCH3 is 1. The van der Waals surface area contributed by atoms with Gasteiger partial charge in [-0.3, -0.25) is 14.4 Å². The first-order chi connectivity index (χ1) is 16.4. The highest BCUT2D eigenvalue weighted by Crippen LogP contribution is 2.37. The zero-order valence-electron chi connectivity index (χ0n) is 18.7. The monoisotopic (exact) mass is 476 g/mol. The minimum atomic E-state index is -1.19. The number of rotatable bonds is 7. The molecular weight excluding hydrogens is 452 g/mol. The number of benzene rings is 3. The maximum absolute atomic E-state index is 13.2. The lowest BCUT2D eigenvalue weighted by Crippen LogP contribution is -2.33. The number of hydrogen-bond donors (Lipinski definition) is 2. The van der Waals surface area contributed by atoms with Crippen LogP contribution in [-0.4, -0.2) is 30.1 Å². The number of aryl methyl sites for hydroxylation is 1. The number of carbonyl (C=O) groups is 3. The summed E-state index contributed by atoms with van der Waals surface area (Å²) >= 11 is 1.30. The highest BCUT2D eigenvalue weighted by Gasteiger charge is 2.32. The van der Waals surface area contributed by atoms with Gasteiger partial charge in [0, 0.05) is 10.5 Å². The maximum atomic E-state index is 13.2. The van der Waals surface area contributed by atoms with Crippen molar-refractivity contribution in [2.24, 2.45) is 0 Å². The predicted octanol–water partition coefficient (Wildman–Crippen LogP) is 4.73. The van der Waals surface area contributed by atoms with Crippen molar-refractivity contribution in [2.45, 2.75) is 29.6 Å². The first kappa shape index (κ1) is 23.4. The summed E-state index contributed by atoms with van der Waals surface area (Å²) in [6.45, 7) is 1.90. The van der Waals surface area contributed by atoms with Crippen LogP contribution < -0.4 is 15.4 Å². The zero-order valence-corrected chi connectivity index (χ0v) is 19.6. The second-order valence-electron chi connectivity index (χ2n) is 7.77. The number of nitrogens with one attached hydrogen (secondary N) is 2. The SMILES string of the molecule is COc1ccc(C)cc1NC(=O)[C@@H](OC(=O)C[C@H]1Sc2ccccc2NC1=O)c1ccccc1. The molecule has 2 amide bonds. The largest absolute Gasteiger partial charge is 0.495 e. The normalized spacial score (nSPS) is 15.5. The Morgan fingerprint density at radius 1 is 1.06 bits per heavy atom. The molecule has 0 bridgehead atoms. The van der Waals surface area contributed by atoms with Crippen LogP contribution in [0.3, 0.4) is 0 Å². The molecule has 1 heterocycles. The lowest BCUT2D eigenvalue weighted by molar-refractivity contribution is -0.155. The van der Waals surface area contributed by atoms with Crippen molar-refractivity contribution in [3.8, 4) is 5.75 Å². The number of thioether (sulfide) groups is 1. The van der Waals surface area contributed by atoms with Gasteiger partial charge >= 0.3 is 5.97 Å². The number of anilines is 2. The van der Waals surface area contributed by atoms with E-state index in [0.717, 1.165) is 16.1 Å².